The van der Waals surface area contributed by atoms with Crippen molar-refractivity contribution in [2.24, 2.45) is 0 Å². The Bertz CT molecular complexity index is 706. The molecule has 1 aromatic carbocycles. The largest absolute Gasteiger partial charge is 0.465 e. The van der Waals surface area contributed by atoms with E-state index in [2.05, 4.69) is 10.1 Å². The molecule has 0 saturated carbocycles. The molecule has 23 heavy (non-hydrogen) atoms. The number of para-hydroxylation sites is 1. The number of esters is 1. The summed E-state index contributed by atoms with van der Waals surface area (Å²) in [5.74, 6) is 0.416. The smallest absolute Gasteiger partial charge is 0.341 e. The van der Waals surface area contributed by atoms with Gasteiger partial charge >= 0.3 is 5.97 Å². The highest BCUT2D eigenvalue weighted by Crippen LogP contribution is 2.16. The van der Waals surface area contributed by atoms with Gasteiger partial charge in [-0.2, -0.15) is 0 Å². The fraction of sp³-hybridized carbons (Fsp3) is 0.294. The van der Waals surface area contributed by atoms with Crippen LogP contribution in [0.2, 0.25) is 0 Å². The van der Waals surface area contributed by atoms with Crippen molar-refractivity contribution in [2.45, 2.75) is 26.3 Å². The standard InChI is InChI=1S/C17H20N2O4/c1-11-14(17(21)22-2)9-13(23-11)10-19-16(20)8-7-12-5-3-4-6-15(12)18/h3-6,9H,7-8,10,18H2,1-2H3,(H,19,20). The number of carbonyl (C=O) groups is 2. The summed E-state index contributed by atoms with van der Waals surface area (Å²) in [4.78, 5) is 23.4. The van der Waals surface area contributed by atoms with Gasteiger partial charge < -0.3 is 20.2 Å². The van der Waals surface area contributed by atoms with E-state index in [1.54, 1.807) is 13.0 Å². The number of ether oxygens (including phenoxy) is 1. The third kappa shape index (κ3) is 4.35. The van der Waals surface area contributed by atoms with Gasteiger partial charge in [-0.15, -0.1) is 0 Å². The molecular formula is C17H20N2O4. The Labute approximate surface area is 134 Å². The van der Waals surface area contributed by atoms with E-state index in [0.29, 0.717) is 35.6 Å². The molecule has 0 fully saturated rings. The number of benzene rings is 1. The predicted octanol–water partition coefficient (Wildman–Crippen LogP) is 2.21. The van der Waals surface area contributed by atoms with Crippen LogP contribution in [0.4, 0.5) is 5.69 Å². The Kier molecular flexibility index (Phi) is 5.41. The molecular weight excluding hydrogens is 296 g/mol. The second-order valence-corrected chi connectivity index (χ2v) is 5.15. The van der Waals surface area contributed by atoms with Crippen LogP contribution in [0.15, 0.2) is 34.7 Å². The summed E-state index contributed by atoms with van der Waals surface area (Å²) >= 11 is 0. The van der Waals surface area contributed by atoms with Crippen LogP contribution in [0.5, 0.6) is 0 Å². The monoisotopic (exact) mass is 316 g/mol. The molecule has 0 atom stereocenters. The minimum absolute atomic E-state index is 0.109. The zero-order valence-electron chi connectivity index (χ0n) is 13.2. The number of aryl methyl sites for hydroxylation is 2. The van der Waals surface area contributed by atoms with Crippen molar-refractivity contribution in [2.75, 3.05) is 12.8 Å². The molecule has 3 N–H and O–H groups in total. The number of amides is 1. The van der Waals surface area contributed by atoms with Crippen LogP contribution in [0.3, 0.4) is 0 Å². The maximum Gasteiger partial charge on any atom is 0.341 e. The molecule has 2 aromatic rings. The molecule has 6 heteroatoms. The van der Waals surface area contributed by atoms with E-state index < -0.39 is 5.97 Å². The number of hydrogen-bond acceptors (Lipinski definition) is 5. The maximum atomic E-state index is 11.9. The summed E-state index contributed by atoms with van der Waals surface area (Å²) < 4.78 is 10.1. The minimum atomic E-state index is -0.455. The molecule has 0 aliphatic rings. The van der Waals surface area contributed by atoms with Gasteiger partial charge in [-0.3, -0.25) is 4.79 Å². The number of anilines is 1. The fourth-order valence-electron chi connectivity index (χ4n) is 2.23. The van der Waals surface area contributed by atoms with Crippen molar-refractivity contribution in [1.29, 1.82) is 0 Å². The second kappa shape index (κ2) is 7.49. The summed E-state index contributed by atoms with van der Waals surface area (Å²) in [7, 11) is 1.31. The zero-order valence-corrected chi connectivity index (χ0v) is 13.2. The summed E-state index contributed by atoms with van der Waals surface area (Å²) in [5, 5.41) is 2.76. The quantitative estimate of drug-likeness (QED) is 0.629. The first-order valence-corrected chi connectivity index (χ1v) is 7.29. The summed E-state index contributed by atoms with van der Waals surface area (Å²) in [6.07, 6.45) is 0.904. The predicted molar refractivity (Wildman–Crippen MR) is 85.8 cm³/mol. The molecule has 0 aliphatic heterocycles. The van der Waals surface area contributed by atoms with Gasteiger partial charge in [-0.25, -0.2) is 4.79 Å². The third-order valence-electron chi connectivity index (χ3n) is 3.51. The number of hydrogen-bond donors (Lipinski definition) is 2. The van der Waals surface area contributed by atoms with Gasteiger partial charge in [0.15, 0.2) is 0 Å². The van der Waals surface area contributed by atoms with Gasteiger partial charge in [-0.05, 0) is 31.0 Å². The Morgan fingerprint density at radius 1 is 1.30 bits per heavy atom. The molecule has 1 aromatic heterocycles. The maximum absolute atomic E-state index is 11.9. The van der Waals surface area contributed by atoms with E-state index in [1.807, 2.05) is 24.3 Å². The summed E-state index contributed by atoms with van der Waals surface area (Å²) in [6, 6.07) is 9.05. The average Bonchev–Trinajstić information content (AvgIpc) is 2.92. The minimum Gasteiger partial charge on any atom is -0.465 e. The molecule has 0 bridgehead atoms. The summed E-state index contributed by atoms with van der Waals surface area (Å²) in [5.41, 5.74) is 7.84. The normalized spacial score (nSPS) is 10.3. The van der Waals surface area contributed by atoms with Crippen LogP contribution < -0.4 is 11.1 Å². The fourth-order valence-corrected chi connectivity index (χ4v) is 2.23. The van der Waals surface area contributed by atoms with Gasteiger partial charge in [0.1, 0.15) is 17.1 Å². The van der Waals surface area contributed by atoms with Crippen LogP contribution in [0.1, 0.15) is 33.9 Å². The molecule has 1 heterocycles. The van der Waals surface area contributed by atoms with Gasteiger partial charge in [0.05, 0.1) is 13.7 Å². The number of carbonyl (C=O) groups excluding carboxylic acids is 2. The summed E-state index contributed by atoms with van der Waals surface area (Å²) in [6.45, 7) is 1.90. The van der Waals surface area contributed by atoms with Crippen molar-refractivity contribution < 1.29 is 18.7 Å². The highest BCUT2D eigenvalue weighted by atomic mass is 16.5. The molecule has 2 rings (SSSR count). The van der Waals surface area contributed by atoms with Crippen LogP contribution in [-0.4, -0.2) is 19.0 Å². The first-order valence-electron chi connectivity index (χ1n) is 7.29. The number of nitrogens with two attached hydrogens (primary N) is 1. The van der Waals surface area contributed by atoms with E-state index in [0.717, 1.165) is 5.56 Å². The lowest BCUT2D eigenvalue weighted by Crippen LogP contribution is -2.22. The van der Waals surface area contributed by atoms with Crippen LogP contribution in [0, 0.1) is 6.92 Å². The Balaban J connectivity index is 1.85. The first kappa shape index (κ1) is 16.6. The number of rotatable bonds is 6. The molecule has 0 unspecified atom stereocenters. The lowest BCUT2D eigenvalue weighted by Gasteiger charge is -2.05. The molecule has 0 saturated heterocycles. The van der Waals surface area contributed by atoms with Gasteiger partial charge in [0.25, 0.3) is 0 Å². The number of nitrogen functional groups attached to an aromatic ring is 1. The van der Waals surface area contributed by atoms with Crippen LogP contribution >= 0.6 is 0 Å². The van der Waals surface area contributed by atoms with Crippen molar-refractivity contribution in [1.82, 2.24) is 5.32 Å². The molecule has 0 radical (unpaired) electrons. The number of nitrogens with one attached hydrogen (secondary N) is 1. The van der Waals surface area contributed by atoms with Gasteiger partial charge in [-0.1, -0.05) is 18.2 Å². The van der Waals surface area contributed by atoms with E-state index in [-0.39, 0.29) is 12.5 Å². The van der Waals surface area contributed by atoms with Crippen molar-refractivity contribution in [3.05, 3.63) is 53.0 Å². The van der Waals surface area contributed by atoms with Crippen LogP contribution in [-0.2, 0) is 22.5 Å². The molecule has 0 spiro atoms. The van der Waals surface area contributed by atoms with Gasteiger partial charge in [0.2, 0.25) is 5.91 Å². The lowest BCUT2D eigenvalue weighted by molar-refractivity contribution is -0.121. The van der Waals surface area contributed by atoms with E-state index in [4.69, 9.17) is 10.2 Å². The Morgan fingerprint density at radius 3 is 2.74 bits per heavy atom. The van der Waals surface area contributed by atoms with Crippen molar-refractivity contribution in [3.63, 3.8) is 0 Å². The molecule has 1 amide bonds. The van der Waals surface area contributed by atoms with E-state index >= 15 is 0 Å². The third-order valence-corrected chi connectivity index (χ3v) is 3.51. The zero-order chi connectivity index (χ0) is 16.8. The van der Waals surface area contributed by atoms with Crippen molar-refractivity contribution in [3.8, 4) is 0 Å². The molecule has 0 aliphatic carbocycles. The number of furan rings is 1. The van der Waals surface area contributed by atoms with E-state index in [9.17, 15) is 9.59 Å². The van der Waals surface area contributed by atoms with E-state index in [1.165, 1.54) is 7.11 Å². The Hall–Kier alpha value is -2.76. The lowest BCUT2D eigenvalue weighted by atomic mass is 10.1. The highest BCUT2D eigenvalue weighted by molar-refractivity contribution is 5.90. The number of methoxy groups -OCH3 is 1. The Morgan fingerprint density at radius 2 is 2.04 bits per heavy atom. The average molecular weight is 316 g/mol. The second-order valence-electron chi connectivity index (χ2n) is 5.15. The molecule has 122 valence electrons. The molecule has 6 nitrogen and oxygen atoms in total. The van der Waals surface area contributed by atoms with Crippen LogP contribution in [0.25, 0.3) is 0 Å². The van der Waals surface area contributed by atoms with Gasteiger partial charge in [0, 0.05) is 12.1 Å². The topological polar surface area (TPSA) is 94.6 Å². The van der Waals surface area contributed by atoms with Crippen molar-refractivity contribution >= 4 is 17.6 Å². The SMILES string of the molecule is COC(=O)c1cc(CNC(=O)CCc2ccccc2N)oc1C. The highest BCUT2D eigenvalue weighted by Gasteiger charge is 2.15. The first-order chi connectivity index (χ1) is 11.0.